The number of sulfonamides is 1. The number of primary sulfonamides is 1. The number of anilines is 1. The number of nitrogens with two attached hydrogens (primary N) is 1. The van der Waals surface area contributed by atoms with Gasteiger partial charge in [0, 0.05) is 0 Å². The van der Waals surface area contributed by atoms with E-state index in [0.717, 1.165) is 0 Å². The molecule has 100 valence electrons. The summed E-state index contributed by atoms with van der Waals surface area (Å²) in [5.74, 6) is -0.300. The molecule has 0 aromatic heterocycles. The Kier molecular flexibility index (Phi) is 5.15. The minimum Gasteiger partial charge on any atom is -0.324 e. The Labute approximate surface area is 119 Å². The molecule has 3 N–H and O–H groups in total. The second-order valence-electron chi connectivity index (χ2n) is 3.55. The topological polar surface area (TPSA) is 89.3 Å². The van der Waals surface area contributed by atoms with Crippen molar-refractivity contribution in [3.63, 3.8) is 0 Å². The van der Waals surface area contributed by atoms with Crippen LogP contribution in [0, 0.1) is 0 Å². The number of carbonyl (C=O) groups excluding carboxylic acids is 1. The highest BCUT2D eigenvalue weighted by molar-refractivity contribution is 9.10. The number of alkyl halides is 1. The summed E-state index contributed by atoms with van der Waals surface area (Å²) >= 11 is 9.06. The molecule has 1 amide bonds. The molecule has 1 unspecified atom stereocenters. The summed E-state index contributed by atoms with van der Waals surface area (Å²) in [6.45, 7) is 1.83. The highest BCUT2D eigenvalue weighted by Gasteiger charge is 2.16. The summed E-state index contributed by atoms with van der Waals surface area (Å²) in [4.78, 5) is 11.2. The molecule has 0 spiro atoms. The normalized spacial score (nSPS) is 13.1. The molecular weight excluding hydrogens is 344 g/mol. The predicted molar refractivity (Wildman–Crippen MR) is 74.5 cm³/mol. The quantitative estimate of drug-likeness (QED) is 0.811. The SMILES string of the molecule is CCC(Br)C(=O)Nc1cc(S(N)(=O)=O)ccc1Cl. The van der Waals surface area contributed by atoms with Gasteiger partial charge in [-0.1, -0.05) is 34.5 Å². The lowest BCUT2D eigenvalue weighted by atomic mass is 10.3. The molecule has 0 radical (unpaired) electrons. The van der Waals surface area contributed by atoms with Gasteiger partial charge in [-0.15, -0.1) is 0 Å². The molecule has 0 saturated carbocycles. The molecule has 1 rings (SSSR count). The summed E-state index contributed by atoms with van der Waals surface area (Å²) in [5, 5.41) is 7.78. The lowest BCUT2D eigenvalue weighted by Gasteiger charge is -2.11. The van der Waals surface area contributed by atoms with E-state index in [2.05, 4.69) is 21.2 Å². The fraction of sp³-hybridized carbons (Fsp3) is 0.300. The van der Waals surface area contributed by atoms with Crippen LogP contribution in [0.3, 0.4) is 0 Å². The van der Waals surface area contributed by atoms with Crippen LogP contribution in [-0.4, -0.2) is 19.2 Å². The maximum atomic E-state index is 11.7. The van der Waals surface area contributed by atoms with Crippen molar-refractivity contribution in [2.24, 2.45) is 5.14 Å². The molecule has 1 aromatic carbocycles. The molecule has 0 saturated heterocycles. The number of benzene rings is 1. The van der Waals surface area contributed by atoms with Crippen molar-refractivity contribution in [1.82, 2.24) is 0 Å². The Morgan fingerprint density at radius 1 is 1.56 bits per heavy atom. The van der Waals surface area contributed by atoms with E-state index in [1.54, 1.807) is 0 Å². The third-order valence-corrected chi connectivity index (χ3v) is 4.47. The average Bonchev–Trinajstić information content (AvgIpc) is 2.29. The van der Waals surface area contributed by atoms with Gasteiger partial charge in [0.25, 0.3) is 0 Å². The van der Waals surface area contributed by atoms with Crippen LogP contribution in [0.25, 0.3) is 0 Å². The van der Waals surface area contributed by atoms with Gasteiger partial charge in [0.2, 0.25) is 15.9 Å². The summed E-state index contributed by atoms with van der Waals surface area (Å²) in [6, 6.07) is 3.87. The third-order valence-electron chi connectivity index (χ3n) is 2.17. The molecule has 0 aliphatic heterocycles. The third kappa shape index (κ3) is 3.94. The van der Waals surface area contributed by atoms with E-state index >= 15 is 0 Å². The van der Waals surface area contributed by atoms with Crippen molar-refractivity contribution in [3.8, 4) is 0 Å². The summed E-state index contributed by atoms with van der Waals surface area (Å²) in [5.41, 5.74) is 0.214. The first-order valence-corrected chi connectivity index (χ1v) is 7.87. The first kappa shape index (κ1) is 15.4. The Bertz CT molecular complexity index is 562. The van der Waals surface area contributed by atoms with Crippen molar-refractivity contribution in [1.29, 1.82) is 0 Å². The lowest BCUT2D eigenvalue weighted by Crippen LogP contribution is -2.22. The van der Waals surface area contributed by atoms with E-state index in [4.69, 9.17) is 16.7 Å². The first-order valence-electron chi connectivity index (χ1n) is 5.03. The maximum Gasteiger partial charge on any atom is 0.238 e. The number of halogens is 2. The van der Waals surface area contributed by atoms with Gasteiger partial charge < -0.3 is 5.32 Å². The van der Waals surface area contributed by atoms with Gasteiger partial charge in [-0.25, -0.2) is 13.6 Å². The Balaban J connectivity index is 3.06. The second-order valence-corrected chi connectivity index (χ2v) is 6.63. The first-order chi connectivity index (χ1) is 8.25. The number of amides is 1. The van der Waals surface area contributed by atoms with Crippen LogP contribution >= 0.6 is 27.5 Å². The van der Waals surface area contributed by atoms with Gasteiger partial charge in [0.05, 0.1) is 20.4 Å². The molecule has 5 nitrogen and oxygen atoms in total. The van der Waals surface area contributed by atoms with Crippen molar-refractivity contribution in [3.05, 3.63) is 23.2 Å². The van der Waals surface area contributed by atoms with Crippen LogP contribution in [0.5, 0.6) is 0 Å². The molecule has 8 heteroatoms. The van der Waals surface area contributed by atoms with Crippen LogP contribution in [0.2, 0.25) is 5.02 Å². The number of hydrogen-bond donors (Lipinski definition) is 2. The Morgan fingerprint density at radius 3 is 2.67 bits per heavy atom. The number of rotatable bonds is 4. The van der Waals surface area contributed by atoms with Gasteiger partial charge in [-0.05, 0) is 24.6 Å². The molecular formula is C10H12BrClN2O3S. The van der Waals surface area contributed by atoms with Gasteiger partial charge >= 0.3 is 0 Å². The minimum absolute atomic E-state index is 0.107. The van der Waals surface area contributed by atoms with E-state index in [9.17, 15) is 13.2 Å². The summed E-state index contributed by atoms with van der Waals surface area (Å²) in [7, 11) is -3.83. The van der Waals surface area contributed by atoms with Crippen molar-refractivity contribution in [2.75, 3.05) is 5.32 Å². The predicted octanol–water partition coefficient (Wildman–Crippen LogP) is 2.10. The monoisotopic (exact) mass is 354 g/mol. The van der Waals surface area contributed by atoms with Gasteiger partial charge in [0.1, 0.15) is 0 Å². The van der Waals surface area contributed by atoms with Crippen LogP contribution in [0.1, 0.15) is 13.3 Å². The van der Waals surface area contributed by atoms with Crippen LogP contribution in [0.15, 0.2) is 23.1 Å². The zero-order chi connectivity index (χ0) is 13.9. The number of nitrogens with one attached hydrogen (secondary N) is 1. The highest BCUT2D eigenvalue weighted by Crippen LogP contribution is 2.25. The minimum atomic E-state index is -3.83. The smallest absolute Gasteiger partial charge is 0.238 e. The lowest BCUT2D eigenvalue weighted by molar-refractivity contribution is -0.115. The summed E-state index contributed by atoms with van der Waals surface area (Å²) < 4.78 is 22.4. The fourth-order valence-corrected chi connectivity index (χ4v) is 1.99. The zero-order valence-corrected chi connectivity index (χ0v) is 12.6. The molecule has 18 heavy (non-hydrogen) atoms. The molecule has 0 bridgehead atoms. The van der Waals surface area contributed by atoms with E-state index in [1.807, 2.05) is 6.92 Å². The van der Waals surface area contributed by atoms with E-state index in [1.165, 1.54) is 18.2 Å². The Morgan fingerprint density at radius 2 is 2.17 bits per heavy atom. The van der Waals surface area contributed by atoms with Gasteiger partial charge in [-0.2, -0.15) is 0 Å². The number of hydrogen-bond acceptors (Lipinski definition) is 3. The highest BCUT2D eigenvalue weighted by atomic mass is 79.9. The van der Waals surface area contributed by atoms with Crippen molar-refractivity contribution < 1.29 is 13.2 Å². The maximum absolute atomic E-state index is 11.7. The van der Waals surface area contributed by atoms with Gasteiger partial charge in [0.15, 0.2) is 0 Å². The molecule has 0 aliphatic carbocycles. The number of carbonyl (C=O) groups is 1. The fourth-order valence-electron chi connectivity index (χ4n) is 1.17. The average molecular weight is 356 g/mol. The van der Waals surface area contributed by atoms with E-state index < -0.39 is 10.0 Å². The summed E-state index contributed by atoms with van der Waals surface area (Å²) in [6.07, 6.45) is 0.596. The molecule has 0 aliphatic rings. The van der Waals surface area contributed by atoms with Crippen LogP contribution in [-0.2, 0) is 14.8 Å². The van der Waals surface area contributed by atoms with E-state index in [0.29, 0.717) is 6.42 Å². The van der Waals surface area contributed by atoms with Gasteiger partial charge in [-0.3, -0.25) is 4.79 Å². The standard InChI is InChI=1S/C10H12BrClN2O3S/c1-2-7(11)10(15)14-9-5-6(18(13,16)17)3-4-8(9)12/h3-5,7H,2H2,1H3,(H,14,15)(H2,13,16,17). The van der Waals surface area contributed by atoms with Crippen molar-refractivity contribution >= 4 is 49.1 Å². The molecule has 1 atom stereocenters. The molecule has 0 fully saturated rings. The van der Waals surface area contributed by atoms with Crippen LogP contribution in [0.4, 0.5) is 5.69 Å². The zero-order valence-electron chi connectivity index (χ0n) is 9.48. The second kappa shape index (κ2) is 6.01. The molecule has 1 aromatic rings. The molecule has 0 heterocycles. The van der Waals surface area contributed by atoms with Crippen LogP contribution < -0.4 is 10.5 Å². The van der Waals surface area contributed by atoms with Crippen molar-refractivity contribution in [2.45, 2.75) is 23.1 Å². The largest absolute Gasteiger partial charge is 0.324 e. The Hall–Kier alpha value is -0.630. The van der Waals surface area contributed by atoms with E-state index in [-0.39, 0.29) is 26.3 Å².